The zero-order valence-electron chi connectivity index (χ0n) is 24.8. The van der Waals surface area contributed by atoms with Crippen molar-refractivity contribution >= 4 is 40.4 Å². The molecule has 46 heavy (non-hydrogen) atoms. The third kappa shape index (κ3) is 7.28. The number of thiophene rings is 1. The lowest BCUT2D eigenvalue weighted by molar-refractivity contribution is -0.137. The molecule has 6 rings (SSSR count). The van der Waals surface area contributed by atoms with Gasteiger partial charge in [0.2, 0.25) is 0 Å². The van der Waals surface area contributed by atoms with Gasteiger partial charge < -0.3 is 10.1 Å². The first-order valence-corrected chi connectivity index (χ1v) is 16.3. The molecule has 4 aromatic rings. The summed E-state index contributed by atoms with van der Waals surface area (Å²) >= 11 is 14.3. The summed E-state index contributed by atoms with van der Waals surface area (Å²) in [6.45, 7) is 4.99. The maximum Gasteiger partial charge on any atom is 0.416 e. The maximum absolute atomic E-state index is 13.8. The van der Waals surface area contributed by atoms with Crippen molar-refractivity contribution in [2.45, 2.75) is 44.4 Å². The normalized spacial score (nSPS) is 16.4. The van der Waals surface area contributed by atoms with Gasteiger partial charge in [0.15, 0.2) is 5.69 Å². The molecule has 0 aliphatic carbocycles. The van der Waals surface area contributed by atoms with Crippen molar-refractivity contribution in [1.82, 2.24) is 25.5 Å². The van der Waals surface area contributed by atoms with E-state index in [-0.39, 0.29) is 17.1 Å². The quantitative estimate of drug-likeness (QED) is 0.199. The molecule has 0 atom stereocenters. The van der Waals surface area contributed by atoms with Gasteiger partial charge in [0.25, 0.3) is 5.91 Å². The summed E-state index contributed by atoms with van der Waals surface area (Å²) in [5.74, 6) is 5.69. The highest BCUT2D eigenvalue weighted by atomic mass is 35.5. The van der Waals surface area contributed by atoms with E-state index in [4.69, 9.17) is 33.0 Å². The van der Waals surface area contributed by atoms with Gasteiger partial charge in [-0.1, -0.05) is 41.5 Å². The van der Waals surface area contributed by atoms with Crippen LogP contribution in [-0.4, -0.2) is 52.5 Å². The van der Waals surface area contributed by atoms with Gasteiger partial charge in [-0.15, -0.1) is 11.3 Å². The third-order valence-electron chi connectivity index (χ3n) is 7.87. The number of carbonyl (C=O) groups excluding carboxylic acids is 1. The van der Waals surface area contributed by atoms with Gasteiger partial charge in [-0.05, 0) is 74.4 Å². The third-order valence-corrected chi connectivity index (χ3v) is 9.41. The van der Waals surface area contributed by atoms with E-state index in [1.807, 2.05) is 17.1 Å². The highest BCUT2D eigenvalue weighted by Crippen LogP contribution is 2.37. The highest BCUT2D eigenvalue weighted by molar-refractivity contribution is 7.16. The van der Waals surface area contributed by atoms with E-state index in [1.54, 1.807) is 22.9 Å². The number of ether oxygens (including phenoxy) is 1. The zero-order valence-corrected chi connectivity index (χ0v) is 27.1. The number of amides is 1. The Labute approximate surface area is 278 Å². The van der Waals surface area contributed by atoms with Crippen molar-refractivity contribution in [2.75, 3.05) is 26.3 Å². The van der Waals surface area contributed by atoms with Crippen LogP contribution in [0.4, 0.5) is 13.2 Å². The second-order valence-corrected chi connectivity index (χ2v) is 13.5. The number of benzene rings is 2. The standard InChI is InChI=1S/C33H30Cl2F3N5O2S/c1-32(19-45-20-32)39-18-25-29(31(44)41-42-15-3-2-4-16-42)40-43(27-13-10-23(34)17-26(27)35)30(25)28-14-12-24(46-28)11-7-21-5-8-22(9-6-21)33(36,37)38/h5-6,8-10,12-14,17,39H,2-4,15-16,18-20H2,1H3,(H,41,44). The van der Waals surface area contributed by atoms with E-state index < -0.39 is 11.7 Å². The predicted octanol–water partition coefficient (Wildman–Crippen LogP) is 7.34. The number of piperidine rings is 1. The zero-order chi connectivity index (χ0) is 32.5. The van der Waals surface area contributed by atoms with Gasteiger partial charge in [-0.25, -0.2) is 9.69 Å². The molecule has 240 valence electrons. The molecule has 4 heterocycles. The monoisotopic (exact) mass is 687 g/mol. The van der Waals surface area contributed by atoms with Crippen molar-refractivity contribution < 1.29 is 22.7 Å². The number of aromatic nitrogens is 2. The van der Waals surface area contributed by atoms with Crippen LogP contribution < -0.4 is 10.7 Å². The first-order valence-electron chi connectivity index (χ1n) is 14.7. The first kappa shape index (κ1) is 32.6. The Hall–Kier alpha value is -3.37. The van der Waals surface area contributed by atoms with E-state index in [2.05, 4.69) is 29.5 Å². The van der Waals surface area contributed by atoms with E-state index in [1.165, 1.54) is 23.5 Å². The van der Waals surface area contributed by atoms with Gasteiger partial charge >= 0.3 is 6.18 Å². The average Bonchev–Trinajstić information content (AvgIpc) is 3.63. The van der Waals surface area contributed by atoms with E-state index in [0.29, 0.717) is 57.2 Å². The summed E-state index contributed by atoms with van der Waals surface area (Å²) in [5, 5.41) is 11.1. The fourth-order valence-corrected chi connectivity index (χ4v) is 6.71. The Kier molecular flexibility index (Phi) is 9.48. The van der Waals surface area contributed by atoms with Gasteiger partial charge in [0.1, 0.15) is 0 Å². The molecule has 2 aliphatic rings. The molecule has 1 amide bonds. The smallest absolute Gasteiger partial charge is 0.377 e. The van der Waals surface area contributed by atoms with Crippen LogP contribution in [0.25, 0.3) is 16.3 Å². The minimum Gasteiger partial charge on any atom is -0.377 e. The molecule has 2 saturated heterocycles. The molecule has 2 N–H and O–H groups in total. The van der Waals surface area contributed by atoms with Crippen molar-refractivity contribution in [2.24, 2.45) is 0 Å². The molecule has 13 heteroatoms. The summed E-state index contributed by atoms with van der Waals surface area (Å²) in [5.41, 5.74) is 4.66. The fraction of sp³-hybridized carbons (Fsp3) is 0.333. The van der Waals surface area contributed by atoms with Crippen LogP contribution in [0.15, 0.2) is 54.6 Å². The van der Waals surface area contributed by atoms with Crippen molar-refractivity contribution in [3.05, 3.63) is 91.9 Å². The van der Waals surface area contributed by atoms with E-state index >= 15 is 0 Å². The Balaban J connectivity index is 1.41. The van der Waals surface area contributed by atoms with Crippen LogP contribution in [-0.2, 0) is 17.5 Å². The van der Waals surface area contributed by atoms with Crippen molar-refractivity contribution in [3.8, 4) is 28.1 Å². The van der Waals surface area contributed by atoms with Gasteiger partial charge in [-0.2, -0.15) is 18.3 Å². The number of alkyl halides is 3. The lowest BCUT2D eigenvalue weighted by Crippen LogP contribution is -2.57. The number of hydrogen-bond donors (Lipinski definition) is 2. The SMILES string of the molecule is CC1(NCc2c(C(=O)NN3CCCCC3)nn(-c3ccc(Cl)cc3Cl)c2-c2ccc(C#Cc3ccc(C(F)(F)F)cc3)s2)COC1. The Morgan fingerprint density at radius 3 is 2.43 bits per heavy atom. The Bertz CT molecular complexity index is 1800. The van der Waals surface area contributed by atoms with Crippen LogP contribution in [0.1, 0.15) is 58.2 Å². The van der Waals surface area contributed by atoms with Gasteiger partial charge in [0, 0.05) is 35.8 Å². The molecule has 0 unspecified atom stereocenters. The number of nitrogens with zero attached hydrogens (tertiary/aromatic N) is 3. The first-order chi connectivity index (χ1) is 22.0. The van der Waals surface area contributed by atoms with Crippen LogP contribution in [0.2, 0.25) is 10.0 Å². The average molecular weight is 689 g/mol. The van der Waals surface area contributed by atoms with Crippen LogP contribution >= 0.6 is 34.5 Å². The Morgan fingerprint density at radius 1 is 1.04 bits per heavy atom. The van der Waals surface area contributed by atoms with Crippen LogP contribution in [0.3, 0.4) is 0 Å². The van der Waals surface area contributed by atoms with Crippen LogP contribution in [0.5, 0.6) is 0 Å². The molecular formula is C33H30Cl2F3N5O2S. The molecule has 0 saturated carbocycles. The second kappa shape index (κ2) is 13.4. The molecule has 0 bridgehead atoms. The molecule has 2 aliphatic heterocycles. The molecule has 7 nitrogen and oxygen atoms in total. The highest BCUT2D eigenvalue weighted by Gasteiger charge is 2.35. The fourth-order valence-electron chi connectivity index (χ4n) is 5.30. The maximum atomic E-state index is 13.8. The van der Waals surface area contributed by atoms with Crippen LogP contribution in [0, 0.1) is 11.8 Å². The number of carbonyl (C=O) groups is 1. The predicted molar refractivity (Wildman–Crippen MR) is 173 cm³/mol. The lowest BCUT2D eigenvalue weighted by Gasteiger charge is -2.39. The number of nitrogens with one attached hydrogen (secondary N) is 2. The number of hydrazine groups is 1. The van der Waals surface area contributed by atoms with Gasteiger partial charge in [-0.3, -0.25) is 10.2 Å². The van der Waals surface area contributed by atoms with Crippen molar-refractivity contribution in [1.29, 1.82) is 0 Å². The second-order valence-electron chi connectivity index (χ2n) is 11.6. The minimum atomic E-state index is -4.41. The molecule has 2 aromatic carbocycles. The molecular weight excluding hydrogens is 658 g/mol. The minimum absolute atomic E-state index is 0.258. The lowest BCUT2D eigenvalue weighted by atomic mass is 9.99. The number of rotatable bonds is 7. The number of hydrogen-bond acceptors (Lipinski definition) is 6. The molecule has 2 fully saturated rings. The summed E-state index contributed by atoms with van der Waals surface area (Å²) in [6.07, 6.45) is -1.29. The molecule has 2 aromatic heterocycles. The van der Waals surface area contributed by atoms with Crippen molar-refractivity contribution in [3.63, 3.8) is 0 Å². The van der Waals surface area contributed by atoms with E-state index in [0.717, 1.165) is 49.4 Å². The summed E-state index contributed by atoms with van der Waals surface area (Å²) in [7, 11) is 0. The Morgan fingerprint density at radius 2 is 1.78 bits per heavy atom. The molecule has 0 spiro atoms. The van der Waals surface area contributed by atoms with Gasteiger partial charge in [0.05, 0.1) is 50.5 Å². The molecule has 0 radical (unpaired) electrons. The van der Waals surface area contributed by atoms with E-state index in [9.17, 15) is 18.0 Å². The summed E-state index contributed by atoms with van der Waals surface area (Å²) in [4.78, 5) is 15.3. The largest absolute Gasteiger partial charge is 0.416 e. The topological polar surface area (TPSA) is 71.4 Å². The summed E-state index contributed by atoms with van der Waals surface area (Å²) in [6, 6.07) is 13.5. The number of halogens is 5. The summed E-state index contributed by atoms with van der Waals surface area (Å²) < 4.78 is 46.1.